The molecule has 0 spiro atoms. The zero-order valence-corrected chi connectivity index (χ0v) is 10.5. The first-order valence-corrected chi connectivity index (χ1v) is 6.64. The van der Waals surface area contributed by atoms with Crippen molar-refractivity contribution in [2.75, 3.05) is 19.8 Å². The van der Waals surface area contributed by atoms with Gasteiger partial charge in [-0.3, -0.25) is 0 Å². The summed E-state index contributed by atoms with van der Waals surface area (Å²) in [5.41, 5.74) is -0.614. The Hall–Kier alpha value is -0.120. The highest BCUT2D eigenvalue weighted by molar-refractivity contribution is 4.90. The summed E-state index contributed by atoms with van der Waals surface area (Å²) in [4.78, 5) is 0. The first-order chi connectivity index (χ1) is 7.61. The van der Waals surface area contributed by atoms with Gasteiger partial charge >= 0.3 is 0 Å². The van der Waals surface area contributed by atoms with Gasteiger partial charge in [0.25, 0.3) is 0 Å². The monoisotopic (exact) mass is 227 g/mol. The fourth-order valence-corrected chi connectivity index (χ4v) is 3.13. The van der Waals surface area contributed by atoms with Gasteiger partial charge in [0.05, 0.1) is 6.61 Å². The summed E-state index contributed by atoms with van der Waals surface area (Å²) in [6, 6.07) is 0.568. The van der Waals surface area contributed by atoms with E-state index in [1.165, 1.54) is 19.3 Å². The van der Waals surface area contributed by atoms with Crippen molar-refractivity contribution in [1.29, 1.82) is 0 Å². The summed E-state index contributed by atoms with van der Waals surface area (Å²) in [5, 5.41) is 13.8. The molecule has 3 atom stereocenters. The van der Waals surface area contributed by atoms with Crippen LogP contribution in [0.2, 0.25) is 0 Å². The average molecular weight is 227 g/mol. The molecule has 2 fully saturated rings. The van der Waals surface area contributed by atoms with Crippen LogP contribution >= 0.6 is 0 Å². The lowest BCUT2D eigenvalue weighted by Gasteiger charge is -2.37. The molecule has 2 N–H and O–H groups in total. The predicted octanol–water partition coefficient (Wildman–Crippen LogP) is 1.55. The molecule has 2 rings (SSSR count). The minimum Gasteiger partial charge on any atom is -0.386 e. The quantitative estimate of drug-likeness (QED) is 0.768. The van der Waals surface area contributed by atoms with Gasteiger partial charge < -0.3 is 15.2 Å². The van der Waals surface area contributed by atoms with Gasteiger partial charge in [-0.15, -0.1) is 0 Å². The van der Waals surface area contributed by atoms with Gasteiger partial charge in [-0.25, -0.2) is 0 Å². The summed E-state index contributed by atoms with van der Waals surface area (Å²) < 4.78 is 5.26. The molecule has 16 heavy (non-hydrogen) atoms. The van der Waals surface area contributed by atoms with E-state index in [0.29, 0.717) is 25.8 Å². The van der Waals surface area contributed by atoms with Gasteiger partial charge in [0, 0.05) is 25.6 Å². The largest absolute Gasteiger partial charge is 0.386 e. The van der Waals surface area contributed by atoms with Crippen molar-refractivity contribution in [2.45, 2.75) is 51.2 Å². The zero-order chi connectivity index (χ0) is 11.6. The van der Waals surface area contributed by atoms with Crippen LogP contribution in [-0.2, 0) is 4.74 Å². The molecule has 3 nitrogen and oxygen atoms in total. The van der Waals surface area contributed by atoms with E-state index in [1.807, 2.05) is 0 Å². The second kappa shape index (κ2) is 5.03. The van der Waals surface area contributed by atoms with E-state index in [1.54, 1.807) is 0 Å². The molecular formula is C13H25NO2. The Labute approximate surface area is 98.6 Å². The molecule has 0 bridgehead atoms. The standard InChI is InChI=1S/C13H25NO2/c1-10-4-3-5-11(2)12(10)14-8-13(15)6-7-16-9-13/h10-12,14-15H,3-9H2,1-2H3. The molecule has 94 valence electrons. The maximum Gasteiger partial charge on any atom is 0.102 e. The van der Waals surface area contributed by atoms with E-state index in [0.717, 1.165) is 18.3 Å². The Kier molecular flexibility index (Phi) is 3.88. The Morgan fingerprint density at radius 2 is 2.00 bits per heavy atom. The minimum absolute atomic E-state index is 0.496. The Morgan fingerprint density at radius 3 is 2.56 bits per heavy atom. The van der Waals surface area contributed by atoms with Crippen LogP contribution in [0.15, 0.2) is 0 Å². The fourth-order valence-electron chi connectivity index (χ4n) is 3.13. The van der Waals surface area contributed by atoms with E-state index in [-0.39, 0.29) is 0 Å². The third-order valence-corrected chi connectivity index (χ3v) is 4.29. The van der Waals surface area contributed by atoms with Crippen molar-refractivity contribution in [3.63, 3.8) is 0 Å². The van der Waals surface area contributed by atoms with E-state index < -0.39 is 5.60 Å². The predicted molar refractivity (Wildman–Crippen MR) is 64.4 cm³/mol. The second-order valence-corrected chi connectivity index (χ2v) is 5.82. The topological polar surface area (TPSA) is 41.5 Å². The summed E-state index contributed by atoms with van der Waals surface area (Å²) >= 11 is 0. The molecule has 0 aromatic rings. The number of rotatable bonds is 3. The summed E-state index contributed by atoms with van der Waals surface area (Å²) in [6.45, 7) is 6.53. The molecule has 1 aliphatic carbocycles. The molecule has 2 aliphatic rings. The third-order valence-electron chi connectivity index (χ3n) is 4.29. The number of ether oxygens (including phenoxy) is 1. The number of hydrogen-bond acceptors (Lipinski definition) is 3. The molecule has 1 heterocycles. The zero-order valence-electron chi connectivity index (χ0n) is 10.5. The van der Waals surface area contributed by atoms with Gasteiger partial charge in [-0.05, 0) is 24.7 Å². The van der Waals surface area contributed by atoms with Crippen molar-refractivity contribution >= 4 is 0 Å². The minimum atomic E-state index is -0.614. The summed E-state index contributed by atoms with van der Waals surface area (Å²) in [5.74, 6) is 1.46. The van der Waals surface area contributed by atoms with Crippen LogP contribution in [0.25, 0.3) is 0 Å². The Morgan fingerprint density at radius 1 is 1.31 bits per heavy atom. The highest BCUT2D eigenvalue weighted by Gasteiger charge is 2.35. The Bertz CT molecular complexity index is 216. The summed E-state index contributed by atoms with van der Waals surface area (Å²) in [7, 11) is 0. The number of nitrogens with one attached hydrogen (secondary N) is 1. The van der Waals surface area contributed by atoms with Crippen LogP contribution in [0, 0.1) is 11.8 Å². The van der Waals surface area contributed by atoms with E-state index >= 15 is 0 Å². The molecule has 3 unspecified atom stereocenters. The van der Waals surface area contributed by atoms with E-state index in [4.69, 9.17) is 4.74 Å². The van der Waals surface area contributed by atoms with Crippen LogP contribution < -0.4 is 5.32 Å². The van der Waals surface area contributed by atoms with Gasteiger partial charge in [-0.1, -0.05) is 20.3 Å². The molecule has 1 saturated heterocycles. The molecule has 1 saturated carbocycles. The van der Waals surface area contributed by atoms with Gasteiger partial charge in [0.1, 0.15) is 5.60 Å². The SMILES string of the molecule is CC1CCCC(C)C1NCC1(O)CCOC1. The van der Waals surface area contributed by atoms with Crippen LogP contribution in [0.3, 0.4) is 0 Å². The van der Waals surface area contributed by atoms with Crippen LogP contribution in [0.4, 0.5) is 0 Å². The maximum absolute atomic E-state index is 10.2. The van der Waals surface area contributed by atoms with Crippen LogP contribution in [0.1, 0.15) is 39.5 Å². The van der Waals surface area contributed by atoms with Crippen molar-refractivity contribution in [2.24, 2.45) is 11.8 Å². The van der Waals surface area contributed by atoms with E-state index in [9.17, 15) is 5.11 Å². The number of hydrogen-bond donors (Lipinski definition) is 2. The first-order valence-electron chi connectivity index (χ1n) is 6.64. The van der Waals surface area contributed by atoms with Crippen molar-refractivity contribution in [3.05, 3.63) is 0 Å². The third kappa shape index (κ3) is 2.76. The average Bonchev–Trinajstić information content (AvgIpc) is 2.65. The lowest BCUT2D eigenvalue weighted by molar-refractivity contribution is 0.0193. The highest BCUT2D eigenvalue weighted by Crippen LogP contribution is 2.29. The summed E-state index contributed by atoms with van der Waals surface area (Å²) in [6.07, 6.45) is 4.76. The van der Waals surface area contributed by atoms with Crippen molar-refractivity contribution < 1.29 is 9.84 Å². The lowest BCUT2D eigenvalue weighted by atomic mass is 9.78. The van der Waals surface area contributed by atoms with Gasteiger partial charge in [0.2, 0.25) is 0 Å². The first kappa shape index (κ1) is 12.3. The van der Waals surface area contributed by atoms with Crippen LogP contribution in [0.5, 0.6) is 0 Å². The highest BCUT2D eigenvalue weighted by atomic mass is 16.5. The van der Waals surface area contributed by atoms with Gasteiger partial charge in [-0.2, -0.15) is 0 Å². The number of aliphatic hydroxyl groups is 1. The Balaban J connectivity index is 1.83. The normalized spacial score (nSPS) is 44.8. The molecule has 0 amide bonds. The molecular weight excluding hydrogens is 202 g/mol. The molecule has 0 aromatic heterocycles. The van der Waals surface area contributed by atoms with E-state index in [2.05, 4.69) is 19.2 Å². The van der Waals surface area contributed by atoms with Crippen molar-refractivity contribution in [3.8, 4) is 0 Å². The van der Waals surface area contributed by atoms with Crippen LogP contribution in [-0.4, -0.2) is 36.5 Å². The molecule has 0 aromatic carbocycles. The molecule has 1 aliphatic heterocycles. The van der Waals surface area contributed by atoms with Crippen molar-refractivity contribution in [1.82, 2.24) is 5.32 Å². The second-order valence-electron chi connectivity index (χ2n) is 5.82. The fraction of sp³-hybridized carbons (Fsp3) is 1.00. The molecule has 3 heteroatoms. The maximum atomic E-state index is 10.2. The smallest absolute Gasteiger partial charge is 0.102 e. The lowest BCUT2D eigenvalue weighted by Crippen LogP contribution is -2.50. The molecule has 0 radical (unpaired) electrons. The van der Waals surface area contributed by atoms with Gasteiger partial charge in [0.15, 0.2) is 0 Å².